The number of hydrogen-bond donors (Lipinski definition) is 1. The van der Waals surface area contributed by atoms with E-state index in [4.69, 9.17) is 4.52 Å². The molecular formula is C10H17N3O3S. The van der Waals surface area contributed by atoms with Crippen molar-refractivity contribution in [2.75, 3.05) is 11.5 Å². The van der Waals surface area contributed by atoms with Crippen molar-refractivity contribution in [1.29, 1.82) is 0 Å². The molecule has 0 bridgehead atoms. The van der Waals surface area contributed by atoms with Crippen molar-refractivity contribution >= 4 is 9.84 Å². The van der Waals surface area contributed by atoms with Crippen LogP contribution in [0.4, 0.5) is 0 Å². The van der Waals surface area contributed by atoms with Crippen molar-refractivity contribution in [3.05, 3.63) is 11.7 Å². The molecule has 17 heavy (non-hydrogen) atoms. The van der Waals surface area contributed by atoms with Crippen LogP contribution in [-0.4, -0.2) is 36.1 Å². The average Bonchev–Trinajstić information content (AvgIpc) is 2.81. The van der Waals surface area contributed by atoms with Gasteiger partial charge in [-0.05, 0) is 6.42 Å². The van der Waals surface area contributed by atoms with Gasteiger partial charge in [-0.25, -0.2) is 8.42 Å². The third-order valence-corrected chi connectivity index (χ3v) is 4.50. The molecule has 96 valence electrons. The molecule has 0 saturated carbocycles. The van der Waals surface area contributed by atoms with Crippen LogP contribution in [0, 0.1) is 0 Å². The van der Waals surface area contributed by atoms with E-state index < -0.39 is 9.84 Å². The predicted molar refractivity (Wildman–Crippen MR) is 62.3 cm³/mol. The van der Waals surface area contributed by atoms with E-state index >= 15 is 0 Å². The van der Waals surface area contributed by atoms with Crippen molar-refractivity contribution < 1.29 is 12.9 Å². The highest BCUT2D eigenvalue weighted by atomic mass is 32.2. The summed E-state index contributed by atoms with van der Waals surface area (Å²) in [6, 6.07) is 0.351. The first-order chi connectivity index (χ1) is 7.96. The van der Waals surface area contributed by atoms with E-state index in [9.17, 15) is 8.42 Å². The van der Waals surface area contributed by atoms with E-state index in [1.807, 2.05) is 13.8 Å². The molecule has 1 aliphatic rings. The normalized spacial score (nSPS) is 23.4. The highest BCUT2D eigenvalue weighted by Crippen LogP contribution is 2.27. The van der Waals surface area contributed by atoms with Crippen LogP contribution < -0.4 is 5.32 Å². The van der Waals surface area contributed by atoms with E-state index in [2.05, 4.69) is 15.5 Å². The average molecular weight is 259 g/mol. The van der Waals surface area contributed by atoms with Crippen LogP contribution in [0.2, 0.25) is 0 Å². The lowest BCUT2D eigenvalue weighted by Gasteiger charge is -2.03. The first kappa shape index (κ1) is 12.5. The first-order valence-corrected chi connectivity index (χ1v) is 7.55. The van der Waals surface area contributed by atoms with Crippen molar-refractivity contribution in [2.24, 2.45) is 0 Å². The first-order valence-electron chi connectivity index (χ1n) is 5.72. The van der Waals surface area contributed by atoms with E-state index in [1.165, 1.54) is 0 Å². The molecule has 2 heterocycles. The summed E-state index contributed by atoms with van der Waals surface area (Å²) in [5.41, 5.74) is 0. The summed E-state index contributed by atoms with van der Waals surface area (Å²) in [4.78, 5) is 4.23. The Hall–Kier alpha value is -0.950. The monoisotopic (exact) mass is 259 g/mol. The van der Waals surface area contributed by atoms with Crippen LogP contribution in [0.1, 0.15) is 37.9 Å². The van der Waals surface area contributed by atoms with Crippen LogP contribution in [0.5, 0.6) is 0 Å². The fourth-order valence-corrected chi connectivity index (χ4v) is 3.52. The molecule has 1 atom stereocenters. The van der Waals surface area contributed by atoms with Crippen LogP contribution in [0.3, 0.4) is 0 Å². The second-order valence-corrected chi connectivity index (χ2v) is 6.91. The lowest BCUT2D eigenvalue weighted by molar-refractivity contribution is 0.354. The largest absolute Gasteiger partial charge is 0.339 e. The molecule has 1 unspecified atom stereocenters. The van der Waals surface area contributed by atoms with Gasteiger partial charge >= 0.3 is 0 Å². The Morgan fingerprint density at radius 3 is 2.88 bits per heavy atom. The molecule has 0 spiro atoms. The second-order valence-electron chi connectivity index (χ2n) is 4.68. The van der Waals surface area contributed by atoms with Crippen LogP contribution in [-0.2, 0) is 16.4 Å². The van der Waals surface area contributed by atoms with Gasteiger partial charge < -0.3 is 9.84 Å². The maximum Gasteiger partial charge on any atom is 0.230 e. The second kappa shape index (κ2) is 4.73. The summed E-state index contributed by atoms with van der Waals surface area (Å²) in [6.45, 7) is 4.61. The van der Waals surface area contributed by atoms with Gasteiger partial charge in [-0.2, -0.15) is 4.98 Å². The number of nitrogens with zero attached hydrogens (tertiary/aromatic N) is 2. The summed E-state index contributed by atoms with van der Waals surface area (Å²) in [5, 5.41) is 7.02. The fraction of sp³-hybridized carbons (Fsp3) is 0.800. The molecule has 0 aliphatic carbocycles. The maximum atomic E-state index is 11.3. The van der Waals surface area contributed by atoms with E-state index in [1.54, 1.807) is 0 Å². The minimum atomic E-state index is -2.90. The summed E-state index contributed by atoms with van der Waals surface area (Å²) in [5.74, 6) is 1.26. The van der Waals surface area contributed by atoms with Gasteiger partial charge in [0.25, 0.3) is 0 Å². The third kappa shape index (κ3) is 3.26. The summed E-state index contributed by atoms with van der Waals surface area (Å²) in [6.07, 6.45) is 0.585. The van der Waals surface area contributed by atoms with Crippen molar-refractivity contribution in [2.45, 2.75) is 38.8 Å². The van der Waals surface area contributed by atoms with E-state index in [0.717, 1.165) is 0 Å². The van der Waals surface area contributed by atoms with Gasteiger partial charge in [-0.15, -0.1) is 0 Å². The minimum absolute atomic E-state index is 0.125. The molecule has 0 amide bonds. The lowest BCUT2D eigenvalue weighted by atomic mass is 10.1. The Bertz CT molecular complexity index is 481. The summed E-state index contributed by atoms with van der Waals surface area (Å²) >= 11 is 0. The third-order valence-electron chi connectivity index (χ3n) is 2.73. The van der Waals surface area contributed by atoms with Crippen LogP contribution >= 0.6 is 0 Å². The molecule has 0 radical (unpaired) electrons. The van der Waals surface area contributed by atoms with E-state index in [-0.39, 0.29) is 17.4 Å². The van der Waals surface area contributed by atoms with E-state index in [0.29, 0.717) is 30.7 Å². The SMILES string of the molecule is CC(C)NCc1noc(C2CCS(=O)(=O)C2)n1. The van der Waals surface area contributed by atoms with Gasteiger partial charge in [-0.3, -0.25) is 0 Å². The molecule has 1 N–H and O–H groups in total. The Labute approximate surface area is 101 Å². The topological polar surface area (TPSA) is 85.1 Å². The summed E-state index contributed by atoms with van der Waals surface area (Å²) in [7, 11) is -2.90. The summed E-state index contributed by atoms with van der Waals surface area (Å²) < 4.78 is 27.8. The van der Waals surface area contributed by atoms with Crippen LogP contribution in [0.15, 0.2) is 4.52 Å². The molecule has 1 aromatic rings. The smallest absolute Gasteiger partial charge is 0.230 e. The van der Waals surface area contributed by atoms with Gasteiger partial charge in [0.1, 0.15) is 0 Å². The Balaban J connectivity index is 1.99. The van der Waals surface area contributed by atoms with Gasteiger partial charge in [0, 0.05) is 6.04 Å². The fourth-order valence-electron chi connectivity index (χ4n) is 1.79. The molecule has 1 fully saturated rings. The standard InChI is InChI=1S/C10H17N3O3S/c1-7(2)11-5-9-12-10(16-13-9)8-3-4-17(14,15)6-8/h7-8,11H,3-6H2,1-2H3. The molecule has 0 aromatic carbocycles. The van der Waals surface area contributed by atoms with Crippen molar-refractivity contribution in [3.8, 4) is 0 Å². The zero-order valence-corrected chi connectivity index (χ0v) is 10.8. The molecule has 1 aromatic heterocycles. The highest BCUT2D eigenvalue weighted by Gasteiger charge is 2.32. The van der Waals surface area contributed by atoms with Gasteiger partial charge in [0.2, 0.25) is 5.89 Å². The Morgan fingerprint density at radius 1 is 1.53 bits per heavy atom. The van der Waals surface area contributed by atoms with Crippen molar-refractivity contribution in [1.82, 2.24) is 15.5 Å². The molecule has 1 saturated heterocycles. The molecule has 7 heteroatoms. The molecule has 2 rings (SSSR count). The Kier molecular flexibility index (Phi) is 3.48. The highest BCUT2D eigenvalue weighted by molar-refractivity contribution is 7.91. The molecular weight excluding hydrogens is 242 g/mol. The zero-order chi connectivity index (χ0) is 12.5. The predicted octanol–water partition coefficient (Wildman–Crippen LogP) is 0.470. The molecule has 6 nitrogen and oxygen atoms in total. The van der Waals surface area contributed by atoms with Crippen molar-refractivity contribution in [3.63, 3.8) is 0 Å². The van der Waals surface area contributed by atoms with Crippen LogP contribution in [0.25, 0.3) is 0 Å². The number of rotatable bonds is 4. The van der Waals surface area contributed by atoms with Gasteiger partial charge in [0.05, 0.1) is 24.0 Å². The number of hydrogen-bond acceptors (Lipinski definition) is 6. The lowest BCUT2D eigenvalue weighted by Crippen LogP contribution is -2.22. The zero-order valence-electron chi connectivity index (χ0n) is 10.0. The Morgan fingerprint density at radius 2 is 2.29 bits per heavy atom. The van der Waals surface area contributed by atoms with Gasteiger partial charge in [0.15, 0.2) is 15.7 Å². The number of aromatic nitrogens is 2. The number of nitrogens with one attached hydrogen (secondary N) is 1. The maximum absolute atomic E-state index is 11.3. The molecule has 1 aliphatic heterocycles. The van der Waals surface area contributed by atoms with Gasteiger partial charge in [-0.1, -0.05) is 19.0 Å². The minimum Gasteiger partial charge on any atom is -0.339 e. The quantitative estimate of drug-likeness (QED) is 0.846. The number of sulfone groups is 1.